The topological polar surface area (TPSA) is 87.5 Å². The fraction of sp³-hybridized carbons (Fsp3) is 0.474. The van der Waals surface area contributed by atoms with Crippen LogP contribution < -0.4 is 4.72 Å². The summed E-state index contributed by atoms with van der Waals surface area (Å²) in [7, 11) is -3.90. The van der Waals surface area contributed by atoms with Crippen LogP contribution in [0.25, 0.3) is 11.0 Å². The predicted octanol–water partition coefficient (Wildman–Crippen LogP) is 6.74. The molecule has 11 heteroatoms. The number of aryl methyl sites for hydroxylation is 1. The highest BCUT2D eigenvalue weighted by Gasteiger charge is 2.44. The summed E-state index contributed by atoms with van der Waals surface area (Å²) in [6, 6.07) is 19.5. The van der Waals surface area contributed by atoms with E-state index in [-0.39, 0.29) is 27.7 Å². The van der Waals surface area contributed by atoms with Crippen molar-refractivity contribution < 1.29 is 22.0 Å². The van der Waals surface area contributed by atoms with E-state index in [9.17, 15) is 22.0 Å². The van der Waals surface area contributed by atoms with Gasteiger partial charge in [-0.15, -0.1) is 0 Å². The maximum atomic E-state index is 15.0. The van der Waals surface area contributed by atoms with Crippen LogP contribution in [0.15, 0.2) is 71.6 Å². The fourth-order valence-corrected chi connectivity index (χ4v) is 10.1. The minimum absolute atomic E-state index is 0.146. The molecule has 1 unspecified atom stereocenters. The van der Waals surface area contributed by atoms with Gasteiger partial charge in [-0.05, 0) is 126 Å². The zero-order valence-electron chi connectivity index (χ0n) is 28.4. The van der Waals surface area contributed by atoms with Crippen molar-refractivity contribution in [1.82, 2.24) is 24.1 Å². The first-order valence-electron chi connectivity index (χ1n) is 17.5. The van der Waals surface area contributed by atoms with Crippen LogP contribution in [0.2, 0.25) is 0 Å². The number of imidazole rings is 1. The molecule has 260 valence electrons. The van der Waals surface area contributed by atoms with Gasteiger partial charge in [0.05, 0.1) is 21.5 Å². The van der Waals surface area contributed by atoms with Gasteiger partial charge in [-0.2, -0.15) is 0 Å². The number of nitrogens with one attached hydrogen (secondary N) is 1. The third-order valence-electron chi connectivity index (χ3n) is 11.2. The van der Waals surface area contributed by atoms with Crippen LogP contribution in [0.4, 0.5) is 8.78 Å². The zero-order chi connectivity index (χ0) is 34.5. The Kier molecular flexibility index (Phi) is 9.13. The Hall–Kier alpha value is -3.67. The minimum Gasteiger partial charge on any atom is -0.338 e. The van der Waals surface area contributed by atoms with E-state index in [0.717, 1.165) is 67.7 Å². The van der Waals surface area contributed by atoms with Gasteiger partial charge in [0.15, 0.2) is 0 Å². The molecule has 3 saturated heterocycles. The van der Waals surface area contributed by atoms with Crippen molar-refractivity contribution in [2.45, 2.75) is 100 Å². The number of likely N-dealkylation sites (tertiary alicyclic amines) is 1. The summed E-state index contributed by atoms with van der Waals surface area (Å²) in [6.45, 7) is 7.10. The van der Waals surface area contributed by atoms with Gasteiger partial charge in [0, 0.05) is 37.3 Å². The molecular formula is C38H45F2N5O3S. The molecule has 1 aromatic heterocycles. The maximum Gasteiger partial charge on any atom is 0.256 e. The number of piperidine rings is 2. The molecule has 0 spiro atoms. The van der Waals surface area contributed by atoms with Crippen molar-refractivity contribution in [3.8, 4) is 0 Å². The van der Waals surface area contributed by atoms with E-state index in [1.807, 2.05) is 12.1 Å². The molecule has 4 aromatic rings. The summed E-state index contributed by atoms with van der Waals surface area (Å²) in [5.74, 6) is -0.511. The number of fused-ring (bicyclic) bond motifs is 3. The molecular weight excluding hydrogens is 645 g/mol. The first kappa shape index (κ1) is 33.8. The molecule has 0 saturated carbocycles. The highest BCUT2D eigenvalue weighted by atomic mass is 32.2. The Labute approximate surface area is 287 Å². The number of hydrogen-bond donors (Lipinski definition) is 1. The molecule has 3 aliphatic rings. The lowest BCUT2D eigenvalue weighted by Gasteiger charge is -2.45. The number of amides is 1. The van der Waals surface area contributed by atoms with Gasteiger partial charge in [-0.1, -0.05) is 24.3 Å². The van der Waals surface area contributed by atoms with Crippen LogP contribution in [0.5, 0.6) is 0 Å². The molecule has 1 amide bonds. The van der Waals surface area contributed by atoms with Crippen LogP contribution in [-0.2, 0) is 15.4 Å². The smallest absolute Gasteiger partial charge is 0.256 e. The van der Waals surface area contributed by atoms with E-state index >= 15 is 0 Å². The Morgan fingerprint density at radius 1 is 0.959 bits per heavy atom. The standard InChI is InChI=1S/C38H45F2N5O3S/c1-25(2)42-49(47,48)32-13-14-34(40)33(24-32)37(46)43-18-15-38(16-19-43,27-7-6-8-28(39)21-27)17-20-44-29-11-12-30(44)23-31(22-29)45-26(3)41-35-9-4-5-10-36(35)45/h4-10,13-14,21,24-25,29-31,42H,11-12,15-20,22-23H2,1-3H3/t29-,30+,31?. The average Bonchev–Trinajstić information content (AvgIpc) is 3.53. The molecule has 0 radical (unpaired) electrons. The average molecular weight is 690 g/mol. The molecule has 49 heavy (non-hydrogen) atoms. The Balaban J connectivity index is 1.08. The van der Waals surface area contributed by atoms with Crippen molar-refractivity contribution in [3.05, 3.63) is 95.3 Å². The van der Waals surface area contributed by atoms with E-state index in [1.54, 1.807) is 30.9 Å². The number of carbonyl (C=O) groups is 1. The lowest BCUT2D eigenvalue weighted by molar-refractivity contribution is 0.0602. The Bertz CT molecular complexity index is 1960. The van der Waals surface area contributed by atoms with Crippen molar-refractivity contribution in [2.24, 2.45) is 0 Å². The van der Waals surface area contributed by atoms with Gasteiger partial charge in [0.2, 0.25) is 10.0 Å². The molecule has 3 aliphatic heterocycles. The number of para-hydroxylation sites is 2. The van der Waals surface area contributed by atoms with Gasteiger partial charge in [-0.25, -0.2) is 26.9 Å². The second kappa shape index (κ2) is 13.2. The van der Waals surface area contributed by atoms with Crippen molar-refractivity contribution >= 4 is 27.0 Å². The van der Waals surface area contributed by atoms with Crippen LogP contribution in [0.3, 0.4) is 0 Å². The van der Waals surface area contributed by atoms with Gasteiger partial charge >= 0.3 is 0 Å². The Morgan fingerprint density at radius 3 is 2.37 bits per heavy atom. The van der Waals surface area contributed by atoms with Crippen molar-refractivity contribution in [3.63, 3.8) is 0 Å². The van der Waals surface area contributed by atoms with Gasteiger partial charge in [-0.3, -0.25) is 9.69 Å². The molecule has 3 aromatic carbocycles. The maximum absolute atomic E-state index is 15.0. The quantitative estimate of drug-likeness (QED) is 0.210. The number of halogens is 2. The number of carbonyl (C=O) groups excluding carboxylic acids is 1. The van der Waals surface area contributed by atoms with E-state index in [4.69, 9.17) is 4.98 Å². The lowest BCUT2D eigenvalue weighted by Crippen LogP contribution is -2.49. The zero-order valence-corrected chi connectivity index (χ0v) is 29.2. The summed E-state index contributed by atoms with van der Waals surface area (Å²) in [4.78, 5) is 22.6. The highest BCUT2D eigenvalue weighted by molar-refractivity contribution is 7.89. The minimum atomic E-state index is -3.90. The lowest BCUT2D eigenvalue weighted by atomic mass is 9.70. The summed E-state index contributed by atoms with van der Waals surface area (Å²) in [5, 5.41) is 0. The number of rotatable bonds is 9. The van der Waals surface area contributed by atoms with E-state index in [1.165, 1.54) is 17.6 Å². The van der Waals surface area contributed by atoms with E-state index in [0.29, 0.717) is 44.1 Å². The second-order valence-corrected chi connectivity index (χ2v) is 16.2. The van der Waals surface area contributed by atoms with E-state index < -0.39 is 21.7 Å². The van der Waals surface area contributed by atoms with Crippen LogP contribution in [-0.4, -0.2) is 71.4 Å². The fourth-order valence-electron chi connectivity index (χ4n) is 8.81. The predicted molar refractivity (Wildman–Crippen MR) is 186 cm³/mol. The third-order valence-corrected chi connectivity index (χ3v) is 12.8. The van der Waals surface area contributed by atoms with Crippen LogP contribution >= 0.6 is 0 Å². The monoisotopic (exact) mass is 689 g/mol. The number of aromatic nitrogens is 2. The first-order valence-corrected chi connectivity index (χ1v) is 19.0. The summed E-state index contributed by atoms with van der Waals surface area (Å²) < 4.78 is 60.1. The van der Waals surface area contributed by atoms with E-state index in [2.05, 4.69) is 39.3 Å². The molecule has 3 atom stereocenters. The normalized spacial score (nSPS) is 22.7. The molecule has 0 aliphatic carbocycles. The number of benzene rings is 3. The van der Waals surface area contributed by atoms with Gasteiger partial charge in [0.25, 0.3) is 5.91 Å². The van der Waals surface area contributed by atoms with Gasteiger partial charge < -0.3 is 9.47 Å². The number of hydrogen-bond acceptors (Lipinski definition) is 5. The Morgan fingerprint density at radius 2 is 1.67 bits per heavy atom. The number of nitrogens with zero attached hydrogens (tertiary/aromatic N) is 4. The highest BCUT2D eigenvalue weighted by Crippen LogP contribution is 2.45. The molecule has 7 rings (SSSR count). The van der Waals surface area contributed by atoms with Gasteiger partial charge in [0.1, 0.15) is 17.5 Å². The van der Waals surface area contributed by atoms with Crippen LogP contribution in [0.1, 0.15) is 86.6 Å². The summed E-state index contributed by atoms with van der Waals surface area (Å²) in [6.07, 6.45) is 6.49. The molecule has 8 nitrogen and oxygen atoms in total. The molecule has 2 bridgehead atoms. The molecule has 4 heterocycles. The largest absolute Gasteiger partial charge is 0.338 e. The summed E-state index contributed by atoms with van der Waals surface area (Å²) >= 11 is 0. The van der Waals surface area contributed by atoms with Crippen molar-refractivity contribution in [2.75, 3.05) is 19.6 Å². The van der Waals surface area contributed by atoms with Crippen molar-refractivity contribution in [1.29, 1.82) is 0 Å². The second-order valence-electron chi connectivity index (χ2n) is 14.5. The SMILES string of the molecule is Cc1nc2ccccc2n1C1C[C@H]2CC[C@@H](C1)N2CCC1(c2cccc(F)c2)CCN(C(=O)c2cc(S(=O)(=O)NC(C)C)ccc2F)CC1. The van der Waals surface area contributed by atoms with Crippen LogP contribution in [0, 0.1) is 18.6 Å². The molecule has 3 fully saturated rings. The summed E-state index contributed by atoms with van der Waals surface area (Å²) in [5.41, 5.74) is 2.56. The molecule has 1 N–H and O–H groups in total. The number of sulfonamides is 1. The first-order chi connectivity index (χ1) is 23.4. The third kappa shape index (κ3) is 6.53.